The van der Waals surface area contributed by atoms with Crippen molar-refractivity contribution in [1.29, 1.82) is 0 Å². The summed E-state index contributed by atoms with van der Waals surface area (Å²) in [5.41, 5.74) is 4.71. The summed E-state index contributed by atoms with van der Waals surface area (Å²) in [6, 6.07) is 14.3. The molecule has 2 N–H and O–H groups in total. The number of hydrogen-bond donors (Lipinski definition) is 2. The molecule has 1 atom stereocenters. The Labute approximate surface area is 199 Å². The van der Waals surface area contributed by atoms with Gasteiger partial charge in [0.05, 0.1) is 34.0 Å². The van der Waals surface area contributed by atoms with Crippen molar-refractivity contribution in [3.05, 3.63) is 91.2 Å². The van der Waals surface area contributed by atoms with Gasteiger partial charge < -0.3 is 10.4 Å². The molecule has 2 aromatic carbocycles. The van der Waals surface area contributed by atoms with Gasteiger partial charge in [-0.05, 0) is 36.5 Å². The van der Waals surface area contributed by atoms with E-state index < -0.39 is 0 Å². The number of nitro groups is 1. The van der Waals surface area contributed by atoms with Gasteiger partial charge >= 0.3 is 0 Å². The molecular formula is C24H22N4O3S2. The van der Waals surface area contributed by atoms with Gasteiger partial charge in [-0.1, -0.05) is 30.3 Å². The fourth-order valence-corrected chi connectivity index (χ4v) is 5.47. The summed E-state index contributed by atoms with van der Waals surface area (Å²) >= 11 is 3.23. The van der Waals surface area contributed by atoms with E-state index in [1.54, 1.807) is 35.6 Å². The molecule has 168 valence electrons. The standard InChI is InChI=1S/C24H22N4O3S2/c29-12-16-2-1-3-18(10-16)21-13-33-24(27-21)26-20(22-14-32-23(25-22)17-6-7-17)11-15-4-8-19(9-5-15)28(30)31/h1-5,8-10,13-14,17,20,29H,6-7,11-12H2,(H,26,27)/t20-/m0/s1. The van der Waals surface area contributed by atoms with Crippen molar-refractivity contribution in [3.63, 3.8) is 0 Å². The van der Waals surface area contributed by atoms with Crippen LogP contribution in [0.4, 0.5) is 10.8 Å². The number of nitro benzene ring substituents is 1. The summed E-state index contributed by atoms with van der Waals surface area (Å²) in [7, 11) is 0. The topological polar surface area (TPSA) is 101 Å². The van der Waals surface area contributed by atoms with Gasteiger partial charge in [0, 0.05) is 34.4 Å². The van der Waals surface area contributed by atoms with Crippen LogP contribution in [0.5, 0.6) is 0 Å². The van der Waals surface area contributed by atoms with E-state index in [0.717, 1.165) is 33.2 Å². The van der Waals surface area contributed by atoms with Gasteiger partial charge in [0.2, 0.25) is 0 Å². The van der Waals surface area contributed by atoms with E-state index in [1.807, 2.05) is 29.6 Å². The maximum Gasteiger partial charge on any atom is 0.269 e. The second kappa shape index (κ2) is 9.38. The number of thiazole rings is 2. The number of nitrogens with one attached hydrogen (secondary N) is 1. The highest BCUT2D eigenvalue weighted by Gasteiger charge is 2.28. The Hall–Kier alpha value is -3.14. The second-order valence-corrected chi connectivity index (χ2v) is 9.85. The monoisotopic (exact) mass is 478 g/mol. The SMILES string of the molecule is O=[N+]([O-])c1ccc(C[C@H](Nc2nc(-c3cccc(CO)c3)cs2)c2csc(C3CC3)n2)cc1. The van der Waals surface area contributed by atoms with Gasteiger partial charge in [-0.3, -0.25) is 10.1 Å². The molecule has 5 rings (SSSR count). The highest BCUT2D eigenvalue weighted by molar-refractivity contribution is 7.14. The first-order valence-corrected chi connectivity index (χ1v) is 12.5. The second-order valence-electron chi connectivity index (χ2n) is 8.11. The smallest absolute Gasteiger partial charge is 0.269 e. The predicted octanol–water partition coefficient (Wildman–Crippen LogP) is 5.94. The zero-order valence-corrected chi connectivity index (χ0v) is 19.3. The molecule has 1 aliphatic rings. The zero-order valence-electron chi connectivity index (χ0n) is 17.7. The maximum absolute atomic E-state index is 11.0. The molecule has 1 saturated carbocycles. The van der Waals surface area contributed by atoms with Gasteiger partial charge in [-0.25, -0.2) is 9.97 Å². The molecule has 1 fully saturated rings. The number of benzene rings is 2. The lowest BCUT2D eigenvalue weighted by Gasteiger charge is -2.16. The molecule has 0 bridgehead atoms. The fourth-order valence-electron chi connectivity index (χ4n) is 3.65. The molecule has 0 spiro atoms. The molecular weight excluding hydrogens is 456 g/mol. The average Bonchev–Trinajstić information content (AvgIpc) is 3.37. The lowest BCUT2D eigenvalue weighted by Crippen LogP contribution is -2.14. The van der Waals surface area contributed by atoms with Crippen LogP contribution in [0, 0.1) is 10.1 Å². The van der Waals surface area contributed by atoms with Crippen LogP contribution in [0.3, 0.4) is 0 Å². The van der Waals surface area contributed by atoms with Gasteiger partial charge in [0.25, 0.3) is 5.69 Å². The van der Waals surface area contributed by atoms with Crippen LogP contribution >= 0.6 is 22.7 Å². The molecule has 0 unspecified atom stereocenters. The van der Waals surface area contributed by atoms with E-state index in [1.165, 1.54) is 29.2 Å². The first-order chi connectivity index (χ1) is 16.1. The van der Waals surface area contributed by atoms with Crippen LogP contribution in [0.1, 0.15) is 46.6 Å². The largest absolute Gasteiger partial charge is 0.392 e. The van der Waals surface area contributed by atoms with Crippen LogP contribution in [0.15, 0.2) is 59.3 Å². The third-order valence-electron chi connectivity index (χ3n) is 5.62. The molecule has 0 aliphatic heterocycles. The first-order valence-electron chi connectivity index (χ1n) is 10.7. The molecule has 1 aliphatic carbocycles. The zero-order chi connectivity index (χ0) is 22.8. The molecule has 7 nitrogen and oxygen atoms in total. The Kier molecular flexibility index (Phi) is 6.17. The summed E-state index contributed by atoms with van der Waals surface area (Å²) < 4.78 is 0. The summed E-state index contributed by atoms with van der Waals surface area (Å²) in [5, 5.41) is 30.0. The lowest BCUT2D eigenvalue weighted by atomic mass is 10.0. The number of aliphatic hydroxyl groups excluding tert-OH is 1. The van der Waals surface area contributed by atoms with Crippen LogP contribution < -0.4 is 5.32 Å². The fraction of sp³-hybridized carbons (Fsp3) is 0.250. The Morgan fingerprint density at radius 1 is 1.09 bits per heavy atom. The van der Waals surface area contributed by atoms with E-state index in [9.17, 15) is 15.2 Å². The van der Waals surface area contributed by atoms with Crippen molar-refractivity contribution in [2.45, 2.75) is 37.8 Å². The highest BCUT2D eigenvalue weighted by atomic mass is 32.1. The van der Waals surface area contributed by atoms with Gasteiger partial charge in [-0.15, -0.1) is 22.7 Å². The molecule has 0 radical (unpaired) electrons. The predicted molar refractivity (Wildman–Crippen MR) is 131 cm³/mol. The van der Waals surface area contributed by atoms with E-state index in [-0.39, 0.29) is 23.3 Å². The maximum atomic E-state index is 11.0. The minimum Gasteiger partial charge on any atom is -0.392 e. The summed E-state index contributed by atoms with van der Waals surface area (Å²) in [6.45, 7) is -0.00640. The Morgan fingerprint density at radius 3 is 2.64 bits per heavy atom. The third-order valence-corrected chi connectivity index (χ3v) is 7.42. The summed E-state index contributed by atoms with van der Waals surface area (Å²) in [6.07, 6.45) is 3.05. The molecule has 9 heteroatoms. The van der Waals surface area contributed by atoms with Gasteiger partial charge in [-0.2, -0.15) is 0 Å². The van der Waals surface area contributed by atoms with Crippen LogP contribution in [0.2, 0.25) is 0 Å². The molecule has 2 heterocycles. The minimum atomic E-state index is -0.384. The quantitative estimate of drug-likeness (QED) is 0.228. The number of non-ortho nitro benzene ring substituents is 1. The summed E-state index contributed by atoms with van der Waals surface area (Å²) in [5.74, 6) is 0.592. The third kappa shape index (κ3) is 5.11. The number of rotatable bonds is 9. The molecule has 33 heavy (non-hydrogen) atoms. The van der Waals surface area contributed by atoms with Crippen molar-refractivity contribution in [2.24, 2.45) is 0 Å². The van der Waals surface area contributed by atoms with E-state index in [4.69, 9.17) is 9.97 Å². The number of aliphatic hydroxyl groups is 1. The summed E-state index contributed by atoms with van der Waals surface area (Å²) in [4.78, 5) is 20.3. The van der Waals surface area contributed by atoms with Crippen LogP contribution in [-0.2, 0) is 13.0 Å². The van der Waals surface area contributed by atoms with Crippen LogP contribution in [0.25, 0.3) is 11.3 Å². The Morgan fingerprint density at radius 2 is 1.91 bits per heavy atom. The lowest BCUT2D eigenvalue weighted by molar-refractivity contribution is -0.384. The Bertz CT molecular complexity index is 1260. The van der Waals surface area contributed by atoms with E-state index in [2.05, 4.69) is 10.7 Å². The van der Waals surface area contributed by atoms with Crippen molar-refractivity contribution in [1.82, 2.24) is 9.97 Å². The molecule has 0 saturated heterocycles. The molecule has 4 aromatic rings. The molecule has 0 amide bonds. The number of aromatic nitrogens is 2. The number of hydrogen-bond acceptors (Lipinski definition) is 8. The van der Waals surface area contributed by atoms with Crippen molar-refractivity contribution in [2.75, 3.05) is 5.32 Å². The van der Waals surface area contributed by atoms with Crippen molar-refractivity contribution >= 4 is 33.5 Å². The number of anilines is 1. The van der Waals surface area contributed by atoms with Crippen molar-refractivity contribution in [3.8, 4) is 11.3 Å². The first kappa shape index (κ1) is 21.7. The van der Waals surface area contributed by atoms with Gasteiger partial charge in [0.15, 0.2) is 5.13 Å². The van der Waals surface area contributed by atoms with Crippen LogP contribution in [-0.4, -0.2) is 20.0 Å². The molecule has 2 aromatic heterocycles. The Balaban J connectivity index is 1.39. The van der Waals surface area contributed by atoms with Gasteiger partial charge in [0.1, 0.15) is 0 Å². The minimum absolute atomic E-state index is 0.00640. The van der Waals surface area contributed by atoms with E-state index in [0.29, 0.717) is 12.3 Å². The average molecular weight is 479 g/mol. The number of nitrogens with zero attached hydrogens (tertiary/aromatic N) is 3. The highest BCUT2D eigenvalue weighted by Crippen LogP contribution is 2.42. The van der Waals surface area contributed by atoms with E-state index >= 15 is 0 Å². The van der Waals surface area contributed by atoms with Crippen molar-refractivity contribution < 1.29 is 10.0 Å². The normalized spacial score (nSPS) is 14.2.